The average Bonchev–Trinajstić information content (AvgIpc) is 2.27. The molecular formula is C13H21NO. The summed E-state index contributed by atoms with van der Waals surface area (Å²) in [4.78, 5) is 0. The van der Waals surface area contributed by atoms with Gasteiger partial charge in [-0.1, -0.05) is 37.3 Å². The van der Waals surface area contributed by atoms with Crippen LogP contribution in [-0.2, 0) is 4.74 Å². The molecule has 0 spiro atoms. The number of ether oxygens (including phenoxy) is 1. The molecule has 2 N–H and O–H groups in total. The minimum Gasteiger partial charge on any atom is -0.372 e. The van der Waals surface area contributed by atoms with Crippen LogP contribution in [0, 0.1) is 0 Å². The van der Waals surface area contributed by atoms with Crippen LogP contribution in [0.2, 0.25) is 0 Å². The number of hydrogen-bond donors (Lipinski definition) is 1. The number of nitrogens with two attached hydrogens (primary N) is 1. The summed E-state index contributed by atoms with van der Waals surface area (Å²) >= 11 is 0. The average molecular weight is 207 g/mol. The Balaban J connectivity index is 2.47. The summed E-state index contributed by atoms with van der Waals surface area (Å²) < 4.78 is 5.76. The molecule has 2 atom stereocenters. The van der Waals surface area contributed by atoms with Crippen molar-refractivity contribution in [2.45, 2.75) is 38.8 Å². The lowest BCUT2D eigenvalue weighted by molar-refractivity contribution is 0.0324. The molecule has 1 aromatic rings. The van der Waals surface area contributed by atoms with Crippen LogP contribution in [0.25, 0.3) is 0 Å². The van der Waals surface area contributed by atoms with E-state index in [0.717, 1.165) is 6.42 Å². The fourth-order valence-corrected chi connectivity index (χ4v) is 1.24. The quantitative estimate of drug-likeness (QED) is 0.805. The zero-order chi connectivity index (χ0) is 11.3. The predicted octanol–water partition coefficient (Wildman–Crippen LogP) is 2.89. The molecule has 0 amide bonds. The van der Waals surface area contributed by atoms with E-state index in [0.29, 0.717) is 6.61 Å². The first-order valence-corrected chi connectivity index (χ1v) is 5.50. The van der Waals surface area contributed by atoms with Gasteiger partial charge < -0.3 is 10.5 Å². The molecule has 2 unspecified atom stereocenters. The van der Waals surface area contributed by atoms with Crippen molar-refractivity contribution in [3.63, 3.8) is 0 Å². The second-order valence-electron chi connectivity index (χ2n) is 4.37. The summed E-state index contributed by atoms with van der Waals surface area (Å²) in [5.74, 6) is 0. The fraction of sp³-hybridized carbons (Fsp3) is 0.538. The molecule has 0 heterocycles. The number of rotatable bonds is 5. The van der Waals surface area contributed by atoms with E-state index in [1.807, 2.05) is 25.1 Å². The standard InChI is InChI=1S/C13H21NO/c1-4-13(3,14)10-15-11(2)12-8-6-5-7-9-12/h5-9,11H,4,10,14H2,1-3H3. The smallest absolute Gasteiger partial charge is 0.0797 e. The Bertz CT molecular complexity index is 282. The second kappa shape index (κ2) is 5.29. The maximum Gasteiger partial charge on any atom is 0.0797 e. The topological polar surface area (TPSA) is 35.2 Å². The van der Waals surface area contributed by atoms with Crippen molar-refractivity contribution in [3.8, 4) is 0 Å². The van der Waals surface area contributed by atoms with Crippen LogP contribution in [0.15, 0.2) is 30.3 Å². The molecular weight excluding hydrogens is 186 g/mol. The van der Waals surface area contributed by atoms with E-state index < -0.39 is 0 Å². The van der Waals surface area contributed by atoms with Gasteiger partial charge >= 0.3 is 0 Å². The van der Waals surface area contributed by atoms with Crippen molar-refractivity contribution in [2.75, 3.05) is 6.61 Å². The number of hydrogen-bond acceptors (Lipinski definition) is 2. The van der Waals surface area contributed by atoms with E-state index in [2.05, 4.69) is 26.0 Å². The molecule has 1 aromatic carbocycles. The maximum atomic E-state index is 6.02. The molecule has 2 nitrogen and oxygen atoms in total. The van der Waals surface area contributed by atoms with Gasteiger partial charge in [0.2, 0.25) is 0 Å². The SMILES string of the molecule is CCC(C)(N)COC(C)c1ccccc1. The second-order valence-corrected chi connectivity index (χ2v) is 4.37. The monoisotopic (exact) mass is 207 g/mol. The number of benzene rings is 1. The molecule has 0 aliphatic rings. The molecule has 0 bridgehead atoms. The summed E-state index contributed by atoms with van der Waals surface area (Å²) in [6.07, 6.45) is 1.04. The van der Waals surface area contributed by atoms with Crippen LogP contribution in [0.1, 0.15) is 38.9 Å². The molecule has 0 aliphatic heterocycles. The first-order valence-electron chi connectivity index (χ1n) is 5.50. The van der Waals surface area contributed by atoms with Gasteiger partial charge in [0.1, 0.15) is 0 Å². The molecule has 0 fully saturated rings. The molecule has 15 heavy (non-hydrogen) atoms. The van der Waals surface area contributed by atoms with E-state index in [1.54, 1.807) is 0 Å². The molecule has 0 aromatic heterocycles. The van der Waals surface area contributed by atoms with E-state index in [9.17, 15) is 0 Å². The largest absolute Gasteiger partial charge is 0.372 e. The molecule has 84 valence electrons. The normalized spacial score (nSPS) is 17.1. The molecule has 0 aliphatic carbocycles. The van der Waals surface area contributed by atoms with Gasteiger partial charge in [0.25, 0.3) is 0 Å². The highest BCUT2D eigenvalue weighted by Crippen LogP contribution is 2.18. The Morgan fingerprint density at radius 1 is 1.33 bits per heavy atom. The van der Waals surface area contributed by atoms with Crippen molar-refractivity contribution in [1.82, 2.24) is 0 Å². The zero-order valence-electron chi connectivity index (χ0n) is 9.86. The Labute approximate surface area is 92.4 Å². The molecule has 0 saturated heterocycles. The van der Waals surface area contributed by atoms with Gasteiger partial charge in [0.05, 0.1) is 12.7 Å². The third-order valence-corrected chi connectivity index (χ3v) is 2.74. The van der Waals surface area contributed by atoms with Gasteiger partial charge in [-0.2, -0.15) is 0 Å². The van der Waals surface area contributed by atoms with Crippen molar-refractivity contribution >= 4 is 0 Å². The summed E-state index contributed by atoms with van der Waals surface area (Å²) in [6.45, 7) is 6.75. The highest BCUT2D eigenvalue weighted by atomic mass is 16.5. The van der Waals surface area contributed by atoms with E-state index >= 15 is 0 Å². The van der Waals surface area contributed by atoms with E-state index in [4.69, 9.17) is 10.5 Å². The van der Waals surface area contributed by atoms with Crippen molar-refractivity contribution in [2.24, 2.45) is 5.73 Å². The Morgan fingerprint density at radius 3 is 2.47 bits per heavy atom. The van der Waals surface area contributed by atoms with Crippen molar-refractivity contribution < 1.29 is 4.74 Å². The van der Waals surface area contributed by atoms with Gasteiger partial charge in [-0.15, -0.1) is 0 Å². The molecule has 0 saturated carbocycles. The van der Waals surface area contributed by atoms with Crippen LogP contribution in [0.4, 0.5) is 0 Å². The van der Waals surface area contributed by atoms with Crippen LogP contribution in [0.3, 0.4) is 0 Å². The molecule has 2 heteroatoms. The lowest BCUT2D eigenvalue weighted by Crippen LogP contribution is -2.40. The van der Waals surface area contributed by atoms with Crippen LogP contribution in [0.5, 0.6) is 0 Å². The lowest BCUT2D eigenvalue weighted by atomic mass is 10.0. The maximum absolute atomic E-state index is 6.02. The Hall–Kier alpha value is -0.860. The first kappa shape index (κ1) is 12.2. The Morgan fingerprint density at radius 2 is 1.93 bits per heavy atom. The van der Waals surface area contributed by atoms with Crippen molar-refractivity contribution in [3.05, 3.63) is 35.9 Å². The van der Waals surface area contributed by atoms with Crippen LogP contribution < -0.4 is 5.73 Å². The van der Waals surface area contributed by atoms with E-state index in [-0.39, 0.29) is 11.6 Å². The lowest BCUT2D eigenvalue weighted by Gasteiger charge is -2.25. The van der Waals surface area contributed by atoms with Crippen molar-refractivity contribution in [1.29, 1.82) is 0 Å². The van der Waals surface area contributed by atoms with Crippen LogP contribution in [-0.4, -0.2) is 12.1 Å². The first-order chi connectivity index (χ1) is 7.05. The fourth-order valence-electron chi connectivity index (χ4n) is 1.24. The summed E-state index contributed by atoms with van der Waals surface area (Å²) in [7, 11) is 0. The molecule has 0 radical (unpaired) electrons. The van der Waals surface area contributed by atoms with Gasteiger partial charge in [0, 0.05) is 5.54 Å². The highest BCUT2D eigenvalue weighted by molar-refractivity contribution is 5.16. The minimum atomic E-state index is -0.219. The van der Waals surface area contributed by atoms with Crippen LogP contribution >= 0.6 is 0 Å². The van der Waals surface area contributed by atoms with Gasteiger partial charge in [-0.3, -0.25) is 0 Å². The highest BCUT2D eigenvalue weighted by Gasteiger charge is 2.17. The summed E-state index contributed by atoms with van der Waals surface area (Å²) in [5, 5.41) is 0. The summed E-state index contributed by atoms with van der Waals surface area (Å²) in [6, 6.07) is 10.2. The Kier molecular flexibility index (Phi) is 4.30. The summed E-state index contributed by atoms with van der Waals surface area (Å²) in [5.41, 5.74) is 7.00. The third-order valence-electron chi connectivity index (χ3n) is 2.74. The predicted molar refractivity (Wildman–Crippen MR) is 63.7 cm³/mol. The minimum absolute atomic E-state index is 0.112. The molecule has 1 rings (SSSR count). The van der Waals surface area contributed by atoms with E-state index in [1.165, 1.54) is 5.56 Å². The zero-order valence-corrected chi connectivity index (χ0v) is 9.86. The van der Waals surface area contributed by atoms with Gasteiger partial charge in [0.15, 0.2) is 0 Å². The van der Waals surface area contributed by atoms with Gasteiger partial charge in [-0.25, -0.2) is 0 Å². The third kappa shape index (κ3) is 4.02. The van der Waals surface area contributed by atoms with Gasteiger partial charge in [-0.05, 0) is 25.8 Å².